The van der Waals surface area contributed by atoms with Crippen LogP contribution in [0.5, 0.6) is 0 Å². The zero-order valence-corrected chi connectivity index (χ0v) is 14.8. The first-order valence-corrected chi connectivity index (χ1v) is 8.09. The number of nitrogens with one attached hydrogen (secondary N) is 1. The van der Waals surface area contributed by atoms with Gasteiger partial charge in [0.2, 0.25) is 0 Å². The van der Waals surface area contributed by atoms with Crippen LogP contribution in [-0.4, -0.2) is 34.3 Å². The molecule has 1 aromatic carbocycles. The minimum atomic E-state index is -0.356. The van der Waals surface area contributed by atoms with E-state index < -0.39 is 0 Å². The van der Waals surface area contributed by atoms with Gasteiger partial charge >= 0.3 is 5.97 Å². The maximum Gasteiger partial charge on any atom is 0.307 e. The van der Waals surface area contributed by atoms with Crippen molar-refractivity contribution in [3.63, 3.8) is 0 Å². The molecule has 6 nitrogen and oxygen atoms in total. The molecule has 0 fully saturated rings. The summed E-state index contributed by atoms with van der Waals surface area (Å²) < 4.78 is 19.7. The molecule has 0 aliphatic rings. The Morgan fingerprint density at radius 2 is 1.88 bits per heavy atom. The number of rotatable bonds is 6. The van der Waals surface area contributed by atoms with E-state index in [0.717, 1.165) is 0 Å². The maximum atomic E-state index is 13.1. The van der Waals surface area contributed by atoms with Gasteiger partial charge in [0.25, 0.3) is 5.91 Å². The first-order chi connectivity index (χ1) is 11.8. The lowest BCUT2D eigenvalue weighted by atomic mass is 10.2. The Bertz CT molecular complexity index is 767. The van der Waals surface area contributed by atoms with Gasteiger partial charge in [0, 0.05) is 6.54 Å². The second-order valence-corrected chi connectivity index (χ2v) is 5.98. The number of carbonyl (C=O) groups excluding carboxylic acids is 2. The fraction of sp³-hybridized carbons (Fsp3) is 0.389. The van der Waals surface area contributed by atoms with Crippen LogP contribution >= 0.6 is 0 Å². The highest BCUT2D eigenvalue weighted by molar-refractivity contribution is 5.96. The summed E-state index contributed by atoms with van der Waals surface area (Å²) in [4.78, 5) is 23.9. The highest BCUT2D eigenvalue weighted by Gasteiger charge is 2.19. The lowest BCUT2D eigenvalue weighted by molar-refractivity contribution is -0.147. The van der Waals surface area contributed by atoms with E-state index in [-0.39, 0.29) is 36.8 Å². The fourth-order valence-corrected chi connectivity index (χ4v) is 2.49. The second kappa shape index (κ2) is 7.92. The molecule has 0 saturated carbocycles. The molecular formula is C18H22FN3O3. The van der Waals surface area contributed by atoms with Crippen LogP contribution in [0.4, 0.5) is 4.39 Å². The van der Waals surface area contributed by atoms with Crippen LogP contribution in [0.3, 0.4) is 0 Å². The lowest BCUT2D eigenvalue weighted by Gasteiger charge is -2.09. The molecule has 134 valence electrons. The number of halogens is 1. The number of aryl methyl sites for hydroxylation is 1. The lowest BCUT2D eigenvalue weighted by Crippen LogP contribution is -2.28. The van der Waals surface area contributed by atoms with Crippen molar-refractivity contribution in [2.24, 2.45) is 0 Å². The molecule has 1 heterocycles. The van der Waals surface area contributed by atoms with Crippen molar-refractivity contribution >= 4 is 11.9 Å². The molecule has 0 aliphatic carbocycles. The second-order valence-electron chi connectivity index (χ2n) is 5.98. The van der Waals surface area contributed by atoms with E-state index in [1.54, 1.807) is 44.5 Å². The van der Waals surface area contributed by atoms with Crippen molar-refractivity contribution in [1.29, 1.82) is 0 Å². The zero-order valence-electron chi connectivity index (χ0n) is 14.8. The van der Waals surface area contributed by atoms with Crippen LogP contribution in [-0.2, 0) is 9.53 Å². The molecule has 0 atom stereocenters. The molecule has 0 saturated heterocycles. The molecule has 1 amide bonds. The minimum absolute atomic E-state index is 0.105. The summed E-state index contributed by atoms with van der Waals surface area (Å²) in [5, 5.41) is 7.06. The largest absolute Gasteiger partial charge is 0.463 e. The molecule has 2 rings (SSSR count). The molecule has 1 N–H and O–H groups in total. The van der Waals surface area contributed by atoms with Crippen molar-refractivity contribution in [3.8, 4) is 5.69 Å². The number of hydrogen-bond donors (Lipinski definition) is 1. The van der Waals surface area contributed by atoms with E-state index in [4.69, 9.17) is 4.74 Å². The number of amides is 1. The molecule has 0 spiro atoms. The fourth-order valence-electron chi connectivity index (χ4n) is 2.49. The average Bonchev–Trinajstić information content (AvgIpc) is 2.82. The smallest absolute Gasteiger partial charge is 0.307 e. The first kappa shape index (κ1) is 18.6. The van der Waals surface area contributed by atoms with Crippen LogP contribution in [0, 0.1) is 19.7 Å². The summed E-state index contributed by atoms with van der Waals surface area (Å²) in [7, 11) is 0. The molecule has 0 aliphatic heterocycles. The normalized spacial score (nSPS) is 10.8. The summed E-state index contributed by atoms with van der Waals surface area (Å²) in [5.74, 6) is -0.997. The van der Waals surface area contributed by atoms with Gasteiger partial charge < -0.3 is 10.1 Å². The molecule has 7 heteroatoms. The number of ether oxygens (including phenoxy) is 1. The third-order valence-electron chi connectivity index (χ3n) is 3.57. The summed E-state index contributed by atoms with van der Waals surface area (Å²) in [6.45, 7) is 7.23. The van der Waals surface area contributed by atoms with Crippen molar-refractivity contribution < 1.29 is 18.7 Å². The van der Waals surface area contributed by atoms with Crippen LogP contribution in [0.25, 0.3) is 5.69 Å². The highest BCUT2D eigenvalue weighted by atomic mass is 19.1. The minimum Gasteiger partial charge on any atom is -0.463 e. The van der Waals surface area contributed by atoms with Crippen molar-refractivity contribution in [2.75, 3.05) is 6.54 Å². The van der Waals surface area contributed by atoms with Gasteiger partial charge in [0.05, 0.1) is 35.2 Å². The number of carbonyl (C=O) groups is 2. The summed E-state index contributed by atoms with van der Waals surface area (Å²) in [6, 6.07) is 5.87. The van der Waals surface area contributed by atoms with E-state index in [1.807, 2.05) is 0 Å². The van der Waals surface area contributed by atoms with Crippen LogP contribution < -0.4 is 5.32 Å². The van der Waals surface area contributed by atoms with Gasteiger partial charge in [-0.15, -0.1) is 0 Å². The summed E-state index contributed by atoms with van der Waals surface area (Å²) >= 11 is 0. The number of nitrogens with zero attached hydrogens (tertiary/aromatic N) is 2. The van der Waals surface area contributed by atoms with Gasteiger partial charge in [0.1, 0.15) is 5.82 Å². The first-order valence-electron chi connectivity index (χ1n) is 8.09. The van der Waals surface area contributed by atoms with Crippen molar-refractivity contribution in [1.82, 2.24) is 15.1 Å². The van der Waals surface area contributed by atoms with Crippen LogP contribution in [0.1, 0.15) is 42.0 Å². The highest BCUT2D eigenvalue weighted by Crippen LogP contribution is 2.18. The average molecular weight is 347 g/mol. The molecule has 0 unspecified atom stereocenters. The number of hydrogen-bond acceptors (Lipinski definition) is 4. The van der Waals surface area contributed by atoms with Crippen LogP contribution in [0.15, 0.2) is 24.3 Å². The van der Waals surface area contributed by atoms with E-state index in [1.165, 1.54) is 12.1 Å². The van der Waals surface area contributed by atoms with Gasteiger partial charge in [-0.1, -0.05) is 0 Å². The Hall–Kier alpha value is -2.70. The quantitative estimate of drug-likeness (QED) is 0.816. The summed E-state index contributed by atoms with van der Waals surface area (Å²) in [6.07, 6.45) is -0.0738. The Morgan fingerprint density at radius 1 is 1.24 bits per heavy atom. The van der Waals surface area contributed by atoms with Gasteiger partial charge in [0.15, 0.2) is 0 Å². The van der Waals surface area contributed by atoms with Crippen molar-refractivity contribution in [3.05, 3.63) is 47.0 Å². The molecule has 0 bridgehead atoms. The molecular weight excluding hydrogens is 325 g/mol. The third-order valence-corrected chi connectivity index (χ3v) is 3.57. The Morgan fingerprint density at radius 3 is 2.48 bits per heavy atom. The van der Waals surface area contributed by atoms with E-state index >= 15 is 0 Å². The van der Waals surface area contributed by atoms with Gasteiger partial charge in [-0.3, -0.25) is 9.59 Å². The maximum absolute atomic E-state index is 13.1. The predicted octanol–water partition coefficient (Wildman–Crippen LogP) is 2.70. The topological polar surface area (TPSA) is 73.2 Å². The zero-order chi connectivity index (χ0) is 18.6. The SMILES string of the molecule is Cc1nn(-c2ccc(F)cc2)c(C)c1C(=O)NCCC(=O)OC(C)C. The van der Waals surface area contributed by atoms with Gasteiger partial charge in [-0.25, -0.2) is 9.07 Å². The standard InChI is InChI=1S/C18H22FN3O3/c1-11(2)25-16(23)9-10-20-18(24)17-12(3)21-22(13(17)4)15-7-5-14(19)6-8-15/h5-8,11H,9-10H2,1-4H3,(H,20,24). The molecule has 2 aromatic rings. The third kappa shape index (κ3) is 4.65. The molecule has 0 radical (unpaired) electrons. The monoisotopic (exact) mass is 347 g/mol. The van der Waals surface area contributed by atoms with Crippen LogP contribution in [0.2, 0.25) is 0 Å². The van der Waals surface area contributed by atoms with Gasteiger partial charge in [-0.2, -0.15) is 5.10 Å². The van der Waals surface area contributed by atoms with E-state index in [2.05, 4.69) is 10.4 Å². The Balaban J connectivity index is 2.08. The number of esters is 1. The number of aromatic nitrogens is 2. The predicted molar refractivity (Wildman–Crippen MR) is 91.2 cm³/mol. The van der Waals surface area contributed by atoms with E-state index in [9.17, 15) is 14.0 Å². The number of benzene rings is 1. The molecule has 25 heavy (non-hydrogen) atoms. The van der Waals surface area contributed by atoms with E-state index in [0.29, 0.717) is 22.6 Å². The Kier molecular flexibility index (Phi) is 5.90. The summed E-state index contributed by atoms with van der Waals surface area (Å²) in [5.41, 5.74) is 2.32. The Labute approximate surface area is 146 Å². The van der Waals surface area contributed by atoms with Gasteiger partial charge in [-0.05, 0) is 52.0 Å². The molecule has 1 aromatic heterocycles. The van der Waals surface area contributed by atoms with Crippen molar-refractivity contribution in [2.45, 2.75) is 40.2 Å².